The molecule has 0 radical (unpaired) electrons. The van der Waals surface area contributed by atoms with Gasteiger partial charge in [-0.1, -0.05) is 13.8 Å². The van der Waals surface area contributed by atoms with Gasteiger partial charge in [-0.15, -0.1) is 0 Å². The van der Waals surface area contributed by atoms with Crippen LogP contribution in [0.3, 0.4) is 0 Å². The maximum atomic E-state index is 12.4. The summed E-state index contributed by atoms with van der Waals surface area (Å²) < 4.78 is 7.22. The maximum absolute atomic E-state index is 12.4. The fraction of sp³-hybridized carbons (Fsp3) is 0.588. The average molecular weight is 331 g/mol. The zero-order chi connectivity index (χ0) is 17.4. The van der Waals surface area contributed by atoms with Gasteiger partial charge in [0, 0.05) is 39.0 Å². The number of H-pyrrole nitrogens is 1. The number of fused-ring (bicyclic) bond motifs is 1. The summed E-state index contributed by atoms with van der Waals surface area (Å²) in [5.74, 6) is 1.78. The number of ether oxygens (including phenoxy) is 1. The molecule has 3 heterocycles. The van der Waals surface area contributed by atoms with Gasteiger partial charge in [0.25, 0.3) is 5.56 Å². The van der Waals surface area contributed by atoms with Gasteiger partial charge in [-0.3, -0.25) is 9.69 Å². The molecular weight excluding hydrogens is 306 g/mol. The van der Waals surface area contributed by atoms with Gasteiger partial charge in [-0.05, 0) is 6.92 Å². The normalized spacial score (nSPS) is 14.9. The van der Waals surface area contributed by atoms with Crippen molar-refractivity contribution in [2.45, 2.75) is 46.2 Å². The predicted octanol–water partition coefficient (Wildman–Crippen LogP) is 1.50. The minimum atomic E-state index is -0.0109. The molecule has 7 heteroatoms. The van der Waals surface area contributed by atoms with Crippen LogP contribution in [-0.4, -0.2) is 38.3 Å². The Morgan fingerprint density at radius 3 is 2.79 bits per heavy atom. The predicted molar refractivity (Wildman–Crippen MR) is 91.3 cm³/mol. The molecule has 0 fully saturated rings. The largest absolute Gasteiger partial charge is 0.481 e. The van der Waals surface area contributed by atoms with Crippen molar-refractivity contribution in [2.75, 3.05) is 13.7 Å². The van der Waals surface area contributed by atoms with Crippen LogP contribution in [0.15, 0.2) is 4.79 Å². The molecule has 0 amide bonds. The van der Waals surface area contributed by atoms with E-state index in [9.17, 15) is 4.79 Å². The van der Waals surface area contributed by atoms with Crippen LogP contribution in [0, 0.1) is 6.92 Å². The van der Waals surface area contributed by atoms with E-state index in [4.69, 9.17) is 4.74 Å². The molecule has 2 aromatic rings. The first-order valence-corrected chi connectivity index (χ1v) is 8.31. The van der Waals surface area contributed by atoms with Crippen LogP contribution in [0.4, 0.5) is 0 Å². The highest BCUT2D eigenvalue weighted by molar-refractivity contribution is 5.31. The van der Waals surface area contributed by atoms with Crippen molar-refractivity contribution in [3.05, 3.63) is 38.7 Å². The second-order valence-corrected chi connectivity index (χ2v) is 6.69. The lowest BCUT2D eigenvalue weighted by atomic mass is 10.1. The number of nitrogens with zero attached hydrogens (tertiary/aromatic N) is 4. The number of rotatable bonds is 4. The third-order valence-electron chi connectivity index (χ3n) is 4.58. The van der Waals surface area contributed by atoms with E-state index in [1.54, 1.807) is 11.8 Å². The van der Waals surface area contributed by atoms with Crippen LogP contribution in [0.2, 0.25) is 0 Å². The molecule has 0 atom stereocenters. The summed E-state index contributed by atoms with van der Waals surface area (Å²) in [6.45, 7) is 8.26. The van der Waals surface area contributed by atoms with Crippen LogP contribution < -0.4 is 10.3 Å². The van der Waals surface area contributed by atoms with E-state index in [0.29, 0.717) is 13.1 Å². The van der Waals surface area contributed by atoms with Crippen molar-refractivity contribution in [3.8, 4) is 5.88 Å². The molecule has 0 aliphatic carbocycles. The van der Waals surface area contributed by atoms with Crippen LogP contribution in [0.1, 0.15) is 48.1 Å². The molecule has 7 nitrogen and oxygen atoms in total. The van der Waals surface area contributed by atoms with Crippen LogP contribution in [0.5, 0.6) is 5.88 Å². The standard InChI is InChI=1S/C17H25N5O2/c1-10(2)15-18-14-6-7-22(9-13(14)16(23)19-15)8-12-11(3)20-21(4)17(12)24-5/h10H,6-9H2,1-5H3,(H,18,19,23). The molecule has 1 aliphatic heterocycles. The number of aromatic nitrogens is 4. The molecule has 1 N–H and O–H groups in total. The van der Waals surface area contributed by atoms with Gasteiger partial charge in [-0.2, -0.15) is 5.10 Å². The van der Waals surface area contributed by atoms with Gasteiger partial charge in [-0.25, -0.2) is 9.67 Å². The van der Waals surface area contributed by atoms with Crippen LogP contribution in [0.25, 0.3) is 0 Å². The molecule has 1 aliphatic rings. The van der Waals surface area contributed by atoms with Crippen molar-refractivity contribution < 1.29 is 4.74 Å². The zero-order valence-corrected chi connectivity index (χ0v) is 15.0. The Morgan fingerprint density at radius 1 is 1.38 bits per heavy atom. The first kappa shape index (κ1) is 16.7. The highest BCUT2D eigenvalue weighted by Gasteiger charge is 2.24. The van der Waals surface area contributed by atoms with Crippen molar-refractivity contribution in [2.24, 2.45) is 7.05 Å². The zero-order valence-electron chi connectivity index (χ0n) is 15.0. The van der Waals surface area contributed by atoms with Crippen molar-refractivity contribution in [1.82, 2.24) is 24.6 Å². The molecular formula is C17H25N5O2. The van der Waals surface area contributed by atoms with Gasteiger partial charge >= 0.3 is 0 Å². The van der Waals surface area contributed by atoms with Crippen molar-refractivity contribution in [3.63, 3.8) is 0 Å². The highest BCUT2D eigenvalue weighted by atomic mass is 16.5. The summed E-state index contributed by atoms with van der Waals surface area (Å²) in [7, 11) is 3.54. The summed E-state index contributed by atoms with van der Waals surface area (Å²) >= 11 is 0. The maximum Gasteiger partial charge on any atom is 0.255 e. The lowest BCUT2D eigenvalue weighted by molar-refractivity contribution is 0.236. The summed E-state index contributed by atoms with van der Waals surface area (Å²) in [4.78, 5) is 22.2. The molecule has 0 saturated carbocycles. The third kappa shape index (κ3) is 2.96. The SMILES string of the molecule is COc1c(CN2CCc3nc(C(C)C)[nH]c(=O)c3C2)c(C)nn1C. The molecule has 0 saturated heterocycles. The minimum absolute atomic E-state index is 0.0109. The molecule has 130 valence electrons. The Morgan fingerprint density at radius 2 is 2.12 bits per heavy atom. The summed E-state index contributed by atoms with van der Waals surface area (Å²) in [6, 6.07) is 0. The van der Waals surface area contributed by atoms with Crippen LogP contribution in [-0.2, 0) is 26.6 Å². The smallest absolute Gasteiger partial charge is 0.255 e. The molecule has 0 spiro atoms. The molecule has 2 aromatic heterocycles. The topological polar surface area (TPSA) is 76.0 Å². The first-order chi connectivity index (χ1) is 11.4. The van der Waals surface area contributed by atoms with E-state index in [-0.39, 0.29) is 11.5 Å². The summed E-state index contributed by atoms with van der Waals surface area (Å²) in [5, 5.41) is 4.42. The molecule has 3 rings (SSSR count). The van der Waals surface area contributed by atoms with Gasteiger partial charge in [0.2, 0.25) is 5.88 Å². The Bertz CT molecular complexity index is 806. The van der Waals surface area contributed by atoms with Crippen molar-refractivity contribution >= 4 is 0 Å². The van der Waals surface area contributed by atoms with Gasteiger partial charge in [0.1, 0.15) is 5.82 Å². The second-order valence-electron chi connectivity index (χ2n) is 6.69. The van der Waals surface area contributed by atoms with Crippen molar-refractivity contribution in [1.29, 1.82) is 0 Å². The Kier molecular flexibility index (Phi) is 4.45. The van der Waals surface area contributed by atoms with Crippen LogP contribution >= 0.6 is 0 Å². The lowest BCUT2D eigenvalue weighted by Crippen LogP contribution is -2.36. The van der Waals surface area contributed by atoms with Gasteiger partial charge in [0.05, 0.1) is 29.6 Å². The first-order valence-electron chi connectivity index (χ1n) is 8.31. The Balaban J connectivity index is 1.85. The summed E-state index contributed by atoms with van der Waals surface area (Å²) in [5.41, 5.74) is 3.75. The molecule has 0 aromatic carbocycles. The fourth-order valence-corrected chi connectivity index (χ4v) is 3.25. The second kappa shape index (κ2) is 6.39. The number of aromatic amines is 1. The number of nitrogens with one attached hydrogen (secondary N) is 1. The van der Waals surface area contributed by atoms with Gasteiger partial charge in [0.15, 0.2) is 0 Å². The lowest BCUT2D eigenvalue weighted by Gasteiger charge is -2.28. The molecule has 0 unspecified atom stereocenters. The van der Waals surface area contributed by atoms with E-state index in [2.05, 4.69) is 20.0 Å². The van der Waals surface area contributed by atoms with Gasteiger partial charge < -0.3 is 9.72 Å². The summed E-state index contributed by atoms with van der Waals surface area (Å²) in [6.07, 6.45) is 0.792. The van der Waals surface area contributed by atoms with E-state index >= 15 is 0 Å². The monoisotopic (exact) mass is 331 g/mol. The molecule has 24 heavy (non-hydrogen) atoms. The van der Waals surface area contributed by atoms with E-state index < -0.39 is 0 Å². The van der Waals surface area contributed by atoms with E-state index in [1.807, 2.05) is 27.8 Å². The number of methoxy groups -OCH3 is 1. The van der Waals surface area contributed by atoms with E-state index in [1.165, 1.54) is 0 Å². The average Bonchev–Trinajstić information content (AvgIpc) is 2.80. The Labute approximate surface area is 141 Å². The van der Waals surface area contributed by atoms with E-state index in [0.717, 1.165) is 47.2 Å². The Hall–Kier alpha value is -2.15. The number of hydrogen-bond donors (Lipinski definition) is 1. The quantitative estimate of drug-likeness (QED) is 0.919. The minimum Gasteiger partial charge on any atom is -0.481 e. The molecule has 0 bridgehead atoms. The number of hydrogen-bond acceptors (Lipinski definition) is 5. The fourth-order valence-electron chi connectivity index (χ4n) is 3.25. The highest BCUT2D eigenvalue weighted by Crippen LogP contribution is 2.25. The third-order valence-corrected chi connectivity index (χ3v) is 4.58. The number of aryl methyl sites for hydroxylation is 2.